The fourth-order valence-electron chi connectivity index (χ4n) is 2.24. The largest absolute Gasteiger partial charge is 0.477 e. The molecule has 0 unspecified atom stereocenters. The summed E-state index contributed by atoms with van der Waals surface area (Å²) in [5.41, 5.74) is 3.25. The molecule has 102 valence electrons. The van der Waals surface area contributed by atoms with Crippen LogP contribution in [0.15, 0.2) is 18.2 Å². The number of benzene rings is 1. The fraction of sp³-hybridized carbons (Fsp3) is 0.143. The maximum Gasteiger partial charge on any atom is 0.353 e. The quantitative estimate of drug-likeness (QED) is 0.671. The summed E-state index contributed by atoms with van der Waals surface area (Å²) < 4.78 is 14.1. The highest BCUT2D eigenvalue weighted by Crippen LogP contribution is 2.29. The van der Waals surface area contributed by atoms with Crippen molar-refractivity contribution in [3.05, 3.63) is 41.0 Å². The summed E-state index contributed by atoms with van der Waals surface area (Å²) in [5, 5.41) is 16.0. The number of hydrogen-bond acceptors (Lipinski definition) is 2. The first-order valence-corrected chi connectivity index (χ1v) is 6.05. The van der Waals surface area contributed by atoms with Gasteiger partial charge in [0.25, 0.3) is 0 Å². The highest BCUT2D eigenvalue weighted by Gasteiger charge is 2.14. The van der Waals surface area contributed by atoms with Crippen LogP contribution in [0.25, 0.3) is 22.2 Å². The van der Waals surface area contributed by atoms with Crippen molar-refractivity contribution < 1.29 is 14.3 Å². The molecule has 2 aromatic heterocycles. The third-order valence-electron chi connectivity index (χ3n) is 3.47. The van der Waals surface area contributed by atoms with Crippen LogP contribution in [0.4, 0.5) is 4.39 Å². The lowest BCUT2D eigenvalue weighted by Gasteiger charge is -2.00. The molecule has 0 atom stereocenters. The standard InChI is InChI=1S/C14H12FN3O2/c1-6-7(2)16-13-9(6)3-8(4-10(13)15)11-5-12(14(19)20)18-17-11/h3-5,16H,1-2H3,(H,17,18)(H,19,20). The molecule has 20 heavy (non-hydrogen) atoms. The second kappa shape index (κ2) is 4.19. The van der Waals surface area contributed by atoms with Gasteiger partial charge in [-0.05, 0) is 37.6 Å². The number of aryl methyl sites for hydroxylation is 2. The van der Waals surface area contributed by atoms with Crippen LogP contribution in [0.2, 0.25) is 0 Å². The van der Waals surface area contributed by atoms with Crippen LogP contribution in [0, 0.1) is 19.7 Å². The number of nitrogens with one attached hydrogen (secondary N) is 2. The number of aromatic carboxylic acids is 1. The molecule has 0 fully saturated rings. The van der Waals surface area contributed by atoms with Crippen LogP contribution >= 0.6 is 0 Å². The minimum absolute atomic E-state index is 0.0255. The Morgan fingerprint density at radius 2 is 2.05 bits per heavy atom. The minimum atomic E-state index is -1.10. The molecular weight excluding hydrogens is 261 g/mol. The van der Waals surface area contributed by atoms with Crippen molar-refractivity contribution in [3.8, 4) is 11.3 Å². The average molecular weight is 273 g/mol. The van der Waals surface area contributed by atoms with Crippen LogP contribution in [0.1, 0.15) is 21.7 Å². The molecule has 3 aromatic rings. The number of aromatic nitrogens is 3. The van der Waals surface area contributed by atoms with Crippen LogP contribution in [-0.4, -0.2) is 26.3 Å². The predicted octanol–water partition coefficient (Wildman–Crippen LogP) is 3.01. The molecule has 5 nitrogen and oxygen atoms in total. The Morgan fingerprint density at radius 1 is 1.30 bits per heavy atom. The van der Waals surface area contributed by atoms with Crippen LogP contribution in [0.5, 0.6) is 0 Å². The first kappa shape index (κ1) is 12.4. The van der Waals surface area contributed by atoms with E-state index in [1.54, 1.807) is 6.07 Å². The molecule has 6 heteroatoms. The zero-order chi connectivity index (χ0) is 14.4. The first-order chi connectivity index (χ1) is 9.47. The highest BCUT2D eigenvalue weighted by molar-refractivity contribution is 5.90. The summed E-state index contributed by atoms with van der Waals surface area (Å²) in [7, 11) is 0. The second-order valence-electron chi connectivity index (χ2n) is 4.73. The van der Waals surface area contributed by atoms with E-state index in [-0.39, 0.29) is 11.5 Å². The van der Waals surface area contributed by atoms with Gasteiger partial charge in [0.2, 0.25) is 0 Å². The van der Waals surface area contributed by atoms with Crippen molar-refractivity contribution in [2.75, 3.05) is 0 Å². The van der Waals surface area contributed by atoms with Crippen molar-refractivity contribution in [2.45, 2.75) is 13.8 Å². The third-order valence-corrected chi connectivity index (χ3v) is 3.47. The van der Waals surface area contributed by atoms with Gasteiger partial charge in [-0.15, -0.1) is 0 Å². The third kappa shape index (κ3) is 1.77. The molecule has 1 aromatic carbocycles. The molecule has 0 radical (unpaired) electrons. The molecule has 3 rings (SSSR count). The summed E-state index contributed by atoms with van der Waals surface area (Å²) in [6, 6.07) is 4.54. The number of halogens is 1. The highest BCUT2D eigenvalue weighted by atomic mass is 19.1. The Hall–Kier alpha value is -2.63. The monoisotopic (exact) mass is 273 g/mol. The van der Waals surface area contributed by atoms with Gasteiger partial charge in [0.15, 0.2) is 0 Å². The van der Waals surface area contributed by atoms with Gasteiger partial charge in [-0.2, -0.15) is 5.10 Å². The molecule has 3 N–H and O–H groups in total. The molecule has 0 saturated carbocycles. The first-order valence-electron chi connectivity index (χ1n) is 6.05. The molecule has 2 heterocycles. The summed E-state index contributed by atoms with van der Waals surface area (Å²) in [6.07, 6.45) is 0. The van der Waals surface area contributed by atoms with Crippen LogP contribution in [-0.2, 0) is 0 Å². The number of aromatic amines is 2. The maximum absolute atomic E-state index is 14.1. The smallest absolute Gasteiger partial charge is 0.353 e. The summed E-state index contributed by atoms with van der Waals surface area (Å²) in [6.45, 7) is 3.79. The Balaban J connectivity index is 2.20. The van der Waals surface area contributed by atoms with Gasteiger partial charge in [0.05, 0.1) is 11.2 Å². The lowest BCUT2D eigenvalue weighted by atomic mass is 10.1. The number of nitrogens with zero attached hydrogens (tertiary/aromatic N) is 1. The molecule has 0 aliphatic heterocycles. The van der Waals surface area contributed by atoms with E-state index < -0.39 is 5.97 Å². The van der Waals surface area contributed by atoms with Crippen molar-refractivity contribution in [1.82, 2.24) is 15.2 Å². The summed E-state index contributed by atoms with van der Waals surface area (Å²) in [4.78, 5) is 13.8. The summed E-state index contributed by atoms with van der Waals surface area (Å²) >= 11 is 0. The molecule has 0 spiro atoms. The molecular formula is C14H12FN3O2. The van der Waals surface area contributed by atoms with E-state index in [9.17, 15) is 9.18 Å². The van der Waals surface area contributed by atoms with Crippen molar-refractivity contribution >= 4 is 16.9 Å². The van der Waals surface area contributed by atoms with Crippen LogP contribution < -0.4 is 0 Å². The Labute approximate surface area is 113 Å². The lowest BCUT2D eigenvalue weighted by molar-refractivity contribution is 0.0690. The normalized spacial score (nSPS) is 11.2. The number of H-pyrrole nitrogens is 2. The van der Waals surface area contributed by atoms with E-state index >= 15 is 0 Å². The Kier molecular flexibility index (Phi) is 2.60. The summed E-state index contributed by atoms with van der Waals surface area (Å²) in [5.74, 6) is -1.48. The lowest BCUT2D eigenvalue weighted by Crippen LogP contribution is -1.95. The van der Waals surface area contributed by atoms with Gasteiger partial charge < -0.3 is 10.1 Å². The van der Waals surface area contributed by atoms with Crippen molar-refractivity contribution in [2.24, 2.45) is 0 Å². The number of carboxylic acid groups (broad SMARTS) is 1. The van der Waals surface area contributed by atoms with Gasteiger partial charge in [-0.3, -0.25) is 5.10 Å². The molecule has 0 saturated heterocycles. The zero-order valence-electron chi connectivity index (χ0n) is 10.9. The number of carbonyl (C=O) groups is 1. The van der Waals surface area contributed by atoms with E-state index in [4.69, 9.17) is 5.11 Å². The Bertz CT molecular complexity index is 832. The molecule has 0 bridgehead atoms. The maximum atomic E-state index is 14.1. The van der Waals surface area contributed by atoms with E-state index in [0.29, 0.717) is 16.8 Å². The van der Waals surface area contributed by atoms with E-state index in [1.807, 2.05) is 13.8 Å². The zero-order valence-corrected chi connectivity index (χ0v) is 10.9. The van der Waals surface area contributed by atoms with Gasteiger partial charge in [-0.25, -0.2) is 9.18 Å². The topological polar surface area (TPSA) is 81.8 Å². The minimum Gasteiger partial charge on any atom is -0.477 e. The van der Waals surface area contributed by atoms with Gasteiger partial charge in [0, 0.05) is 16.6 Å². The molecule has 0 amide bonds. The molecule has 0 aliphatic carbocycles. The SMILES string of the molecule is Cc1[nH]c2c(F)cc(-c3cc(C(=O)O)[nH]n3)cc2c1C. The number of carboxylic acids is 1. The van der Waals surface area contributed by atoms with Crippen molar-refractivity contribution in [3.63, 3.8) is 0 Å². The van der Waals surface area contributed by atoms with Crippen LogP contribution in [0.3, 0.4) is 0 Å². The number of fused-ring (bicyclic) bond motifs is 1. The van der Waals surface area contributed by atoms with Crippen molar-refractivity contribution in [1.29, 1.82) is 0 Å². The number of rotatable bonds is 2. The van der Waals surface area contributed by atoms with Gasteiger partial charge in [0.1, 0.15) is 11.5 Å². The van der Waals surface area contributed by atoms with E-state index in [2.05, 4.69) is 15.2 Å². The second-order valence-corrected chi connectivity index (χ2v) is 4.73. The van der Waals surface area contributed by atoms with E-state index in [0.717, 1.165) is 16.6 Å². The molecule has 0 aliphatic rings. The fourth-order valence-corrected chi connectivity index (χ4v) is 2.24. The average Bonchev–Trinajstić information content (AvgIpc) is 2.98. The predicted molar refractivity (Wildman–Crippen MR) is 72.3 cm³/mol. The Morgan fingerprint density at radius 3 is 2.70 bits per heavy atom. The van der Waals surface area contributed by atoms with Gasteiger partial charge in [-0.1, -0.05) is 0 Å². The number of hydrogen-bond donors (Lipinski definition) is 3. The van der Waals surface area contributed by atoms with Gasteiger partial charge >= 0.3 is 5.97 Å². The van der Waals surface area contributed by atoms with E-state index in [1.165, 1.54) is 12.1 Å².